The Labute approximate surface area is 338 Å². The lowest BCUT2D eigenvalue weighted by atomic mass is 9.95. The topological polar surface area (TPSA) is 29.5 Å². The fourth-order valence-corrected chi connectivity index (χ4v) is 10.2. The summed E-state index contributed by atoms with van der Waals surface area (Å²) in [5, 5.41) is 6.67. The lowest BCUT2D eigenvalue weighted by molar-refractivity contribution is 0.668. The average molecular weight is 760 g/mol. The Morgan fingerprint density at radius 2 is 0.897 bits per heavy atom. The van der Waals surface area contributed by atoms with Crippen molar-refractivity contribution < 1.29 is 8.83 Å². The van der Waals surface area contributed by atoms with E-state index >= 15 is 0 Å². The Kier molecular flexibility index (Phi) is 7.40. The molecule has 0 bridgehead atoms. The zero-order valence-electron chi connectivity index (χ0n) is 31.2. The van der Waals surface area contributed by atoms with Crippen LogP contribution in [-0.2, 0) is 0 Å². The van der Waals surface area contributed by atoms with Gasteiger partial charge in [-0.1, -0.05) is 164 Å². The Morgan fingerprint density at radius 3 is 1.64 bits per heavy atom. The molecular weight excluding hydrogens is 727 g/mol. The molecule has 0 aliphatic rings. The third-order valence-corrected chi connectivity index (χ3v) is 12.7. The van der Waals surface area contributed by atoms with Gasteiger partial charge in [-0.2, -0.15) is 0 Å². The van der Waals surface area contributed by atoms with Crippen LogP contribution in [0.2, 0.25) is 0 Å². The molecule has 0 radical (unpaired) electrons. The van der Waals surface area contributed by atoms with Crippen molar-refractivity contribution in [2.45, 2.75) is 0 Å². The summed E-state index contributed by atoms with van der Waals surface area (Å²) < 4.78 is 16.3. The number of fused-ring (bicyclic) bond motifs is 9. The molecule has 3 aromatic heterocycles. The zero-order chi connectivity index (χ0) is 38.2. The molecule has 0 atom stereocenters. The third kappa shape index (κ3) is 4.99. The largest absolute Gasteiger partial charge is 0.455 e. The maximum absolute atomic E-state index is 6.92. The van der Waals surface area contributed by atoms with Gasteiger partial charge in [0.1, 0.15) is 16.7 Å². The molecule has 0 N–H and O–H groups in total. The van der Waals surface area contributed by atoms with Crippen molar-refractivity contribution in [3.05, 3.63) is 200 Å². The summed E-state index contributed by atoms with van der Waals surface area (Å²) in [5.41, 5.74) is 13.3. The van der Waals surface area contributed by atoms with Gasteiger partial charge in [-0.15, -0.1) is 11.3 Å². The van der Waals surface area contributed by atoms with E-state index in [1.54, 1.807) is 0 Å². The number of hydrogen-bond acceptors (Lipinski definition) is 4. The van der Waals surface area contributed by atoms with Crippen LogP contribution in [0.5, 0.6) is 0 Å². The molecule has 0 aliphatic heterocycles. The van der Waals surface area contributed by atoms with Gasteiger partial charge in [-0.3, -0.25) is 0 Å². The summed E-state index contributed by atoms with van der Waals surface area (Å²) in [6.07, 6.45) is 0. The van der Waals surface area contributed by atoms with E-state index in [1.165, 1.54) is 31.3 Å². The second-order valence-electron chi connectivity index (χ2n) is 14.7. The first kappa shape index (κ1) is 32.8. The van der Waals surface area contributed by atoms with E-state index in [2.05, 4.69) is 199 Å². The van der Waals surface area contributed by atoms with Gasteiger partial charge in [-0.25, -0.2) is 0 Å². The van der Waals surface area contributed by atoms with Crippen LogP contribution in [0.1, 0.15) is 0 Å². The van der Waals surface area contributed by atoms with E-state index in [0.29, 0.717) is 0 Å². The lowest BCUT2D eigenvalue weighted by Gasteiger charge is -2.30. The highest BCUT2D eigenvalue weighted by Crippen LogP contribution is 2.55. The number of thiophene rings is 1. The molecule has 0 unspecified atom stereocenters. The number of para-hydroxylation sites is 3. The molecule has 0 amide bonds. The van der Waals surface area contributed by atoms with E-state index < -0.39 is 0 Å². The minimum absolute atomic E-state index is 0.831. The normalized spacial score (nSPS) is 11.8. The molecule has 3 nitrogen and oxygen atoms in total. The molecule has 272 valence electrons. The van der Waals surface area contributed by atoms with Crippen molar-refractivity contribution in [3.63, 3.8) is 0 Å². The Bertz CT molecular complexity index is 3510. The molecule has 58 heavy (non-hydrogen) atoms. The predicted molar refractivity (Wildman–Crippen MR) is 245 cm³/mol. The fraction of sp³-hybridized carbons (Fsp3) is 0. The van der Waals surface area contributed by atoms with Crippen LogP contribution < -0.4 is 4.90 Å². The summed E-state index contributed by atoms with van der Waals surface area (Å²) >= 11 is 1.86. The summed E-state index contributed by atoms with van der Waals surface area (Å²) in [7, 11) is 0. The first-order valence-corrected chi connectivity index (χ1v) is 20.4. The molecule has 0 saturated carbocycles. The molecule has 12 aromatic rings. The quantitative estimate of drug-likeness (QED) is 0.169. The maximum atomic E-state index is 6.92. The maximum Gasteiger partial charge on any atom is 0.159 e. The Balaban J connectivity index is 1.28. The highest BCUT2D eigenvalue weighted by molar-refractivity contribution is 7.26. The van der Waals surface area contributed by atoms with Gasteiger partial charge in [0.2, 0.25) is 0 Å². The minimum atomic E-state index is 0.831. The van der Waals surface area contributed by atoms with E-state index in [4.69, 9.17) is 8.83 Å². The van der Waals surface area contributed by atoms with Crippen molar-refractivity contribution >= 4 is 92.4 Å². The second kappa shape index (κ2) is 13.1. The van der Waals surface area contributed by atoms with Crippen LogP contribution in [0.4, 0.5) is 17.1 Å². The highest BCUT2D eigenvalue weighted by atomic mass is 32.1. The first-order chi connectivity index (χ1) is 28.8. The van der Waals surface area contributed by atoms with E-state index in [0.717, 1.165) is 83.2 Å². The van der Waals surface area contributed by atoms with E-state index in [-0.39, 0.29) is 0 Å². The first-order valence-electron chi connectivity index (χ1n) is 19.6. The van der Waals surface area contributed by atoms with Crippen LogP contribution in [-0.4, -0.2) is 0 Å². The van der Waals surface area contributed by atoms with Gasteiger partial charge in [-0.05, 0) is 58.7 Å². The van der Waals surface area contributed by atoms with Crippen LogP contribution in [0.15, 0.2) is 209 Å². The standard InChI is InChI=1S/C54H33NO2S/c1-4-16-34(17-5-1)37-31-33-48-50(43-26-14-24-39(54(43)58-48)36-20-8-3-9-21-36)51(37)55(45-27-15-25-41-40-22-10-12-28-46(40)56-52(41)45)44-32-30-38(35-18-6-2-7-19-35)53-49(44)42-23-11-13-29-47(42)57-53/h1-33H. The summed E-state index contributed by atoms with van der Waals surface area (Å²) in [6, 6.07) is 71.2. The van der Waals surface area contributed by atoms with Crippen LogP contribution in [0.25, 0.3) is 97.4 Å². The molecule has 4 heteroatoms. The molecule has 9 aromatic carbocycles. The number of benzene rings is 9. The third-order valence-electron chi connectivity index (χ3n) is 11.5. The van der Waals surface area contributed by atoms with Gasteiger partial charge >= 0.3 is 0 Å². The SMILES string of the molecule is c1ccc(-c2ccc3sc4c(-c5ccccc5)cccc4c3c2N(c2cccc3c2oc2ccccc23)c2ccc(-c3ccccc3)c3oc4ccccc4c23)cc1. The number of furan rings is 2. The smallest absolute Gasteiger partial charge is 0.159 e. The second-order valence-corrected chi connectivity index (χ2v) is 15.8. The highest BCUT2D eigenvalue weighted by Gasteiger charge is 2.29. The van der Waals surface area contributed by atoms with Crippen LogP contribution in [0, 0.1) is 0 Å². The van der Waals surface area contributed by atoms with Gasteiger partial charge in [0.15, 0.2) is 5.58 Å². The van der Waals surface area contributed by atoms with E-state index in [9.17, 15) is 0 Å². The number of anilines is 3. The van der Waals surface area contributed by atoms with Crippen molar-refractivity contribution in [3.8, 4) is 33.4 Å². The zero-order valence-corrected chi connectivity index (χ0v) is 32.0. The lowest BCUT2D eigenvalue weighted by Crippen LogP contribution is -2.12. The molecule has 0 spiro atoms. The summed E-state index contributed by atoms with van der Waals surface area (Å²) in [6.45, 7) is 0. The van der Waals surface area contributed by atoms with Crippen LogP contribution >= 0.6 is 11.3 Å². The molecule has 0 fully saturated rings. The monoisotopic (exact) mass is 759 g/mol. The van der Waals surface area contributed by atoms with Crippen LogP contribution in [0.3, 0.4) is 0 Å². The van der Waals surface area contributed by atoms with Gasteiger partial charge in [0.05, 0.1) is 22.4 Å². The Morgan fingerprint density at radius 1 is 0.345 bits per heavy atom. The molecule has 3 heterocycles. The number of hydrogen-bond donors (Lipinski definition) is 0. The van der Waals surface area contributed by atoms with Crippen molar-refractivity contribution in [2.75, 3.05) is 4.90 Å². The predicted octanol–water partition coefficient (Wildman–Crippen LogP) is 16.3. The minimum Gasteiger partial charge on any atom is -0.455 e. The summed E-state index contributed by atoms with van der Waals surface area (Å²) in [4.78, 5) is 2.47. The average Bonchev–Trinajstić information content (AvgIpc) is 4.00. The van der Waals surface area contributed by atoms with Gasteiger partial charge < -0.3 is 13.7 Å². The van der Waals surface area contributed by atoms with Crippen molar-refractivity contribution in [1.29, 1.82) is 0 Å². The van der Waals surface area contributed by atoms with Crippen molar-refractivity contribution in [2.24, 2.45) is 0 Å². The number of nitrogens with zero attached hydrogens (tertiary/aromatic N) is 1. The molecule has 0 saturated heterocycles. The Hall–Kier alpha value is -7.40. The fourth-order valence-electron chi connectivity index (χ4n) is 8.92. The van der Waals surface area contributed by atoms with E-state index in [1.807, 2.05) is 17.4 Å². The molecule has 0 aliphatic carbocycles. The molecule has 12 rings (SSSR count). The van der Waals surface area contributed by atoms with Gasteiger partial charge in [0.25, 0.3) is 0 Å². The molecular formula is C54H33NO2S. The summed E-state index contributed by atoms with van der Waals surface area (Å²) in [5.74, 6) is 0. The van der Waals surface area contributed by atoms with Gasteiger partial charge in [0, 0.05) is 47.5 Å². The van der Waals surface area contributed by atoms with Crippen molar-refractivity contribution in [1.82, 2.24) is 0 Å². The number of rotatable bonds is 6.